The van der Waals surface area contributed by atoms with E-state index in [0.717, 1.165) is 0 Å². The Hall–Kier alpha value is -2.36. The molecule has 1 aromatic rings. The number of hydrogen-bond acceptors (Lipinski definition) is 4. The molecule has 4 nitrogen and oxygen atoms in total. The molecule has 2 aliphatic carbocycles. The van der Waals surface area contributed by atoms with Crippen LogP contribution in [0.4, 0.5) is 0 Å². The highest BCUT2D eigenvalue weighted by atomic mass is 16.3. The predicted molar refractivity (Wildman–Crippen MR) is 63.5 cm³/mol. The van der Waals surface area contributed by atoms with E-state index in [1.807, 2.05) is 0 Å². The molecule has 0 saturated carbocycles. The topological polar surface area (TPSA) is 74.6 Å². The third-order valence-corrected chi connectivity index (χ3v) is 3.39. The van der Waals surface area contributed by atoms with Gasteiger partial charge in [-0.1, -0.05) is 24.3 Å². The number of benzene rings is 1. The van der Waals surface area contributed by atoms with Crippen molar-refractivity contribution in [1.29, 1.82) is 0 Å². The summed E-state index contributed by atoms with van der Waals surface area (Å²) in [5.74, 6) is -2.55. The second-order valence-electron chi connectivity index (χ2n) is 4.43. The number of aliphatic hydroxyl groups excluding tert-OH is 2. The highest BCUT2D eigenvalue weighted by molar-refractivity contribution is 6.17. The first kappa shape index (κ1) is 10.8. The van der Waals surface area contributed by atoms with Gasteiger partial charge in [0.25, 0.3) is 0 Å². The Labute approximate surface area is 103 Å². The fourth-order valence-electron chi connectivity index (χ4n) is 2.47. The van der Waals surface area contributed by atoms with Crippen LogP contribution >= 0.6 is 0 Å². The number of carbonyl (C=O) groups is 2. The Kier molecular flexibility index (Phi) is 2.13. The molecule has 0 bridgehead atoms. The van der Waals surface area contributed by atoms with Crippen LogP contribution in [-0.4, -0.2) is 21.8 Å². The number of allylic oxidation sites excluding steroid dienone is 2. The third kappa shape index (κ3) is 1.32. The van der Waals surface area contributed by atoms with Gasteiger partial charge in [-0.25, -0.2) is 0 Å². The molecule has 0 heterocycles. The Morgan fingerprint density at radius 2 is 1.17 bits per heavy atom. The maximum Gasteiger partial charge on any atom is 0.171 e. The highest BCUT2D eigenvalue weighted by Crippen LogP contribution is 2.36. The molecule has 0 saturated heterocycles. The summed E-state index contributed by atoms with van der Waals surface area (Å²) in [6, 6.07) is 6.61. The lowest BCUT2D eigenvalue weighted by Crippen LogP contribution is -2.36. The van der Waals surface area contributed by atoms with E-state index in [2.05, 4.69) is 0 Å². The summed E-state index contributed by atoms with van der Waals surface area (Å²) in [6.45, 7) is 0. The molecule has 0 aliphatic heterocycles. The zero-order chi connectivity index (χ0) is 12.9. The van der Waals surface area contributed by atoms with E-state index in [1.165, 1.54) is 12.2 Å². The standard InChI is InChI=1S/C14H10O4/c15-11-5-9-10(6-12(11)16)14(18)8-4-2-1-3-7(8)13(9)17/h1-6,9-10,15-16H. The normalized spacial score (nSPS) is 26.0. The molecule has 0 spiro atoms. The lowest BCUT2D eigenvalue weighted by molar-refractivity contribution is 0.0792. The van der Waals surface area contributed by atoms with Crippen LogP contribution < -0.4 is 0 Å². The van der Waals surface area contributed by atoms with Crippen LogP contribution in [0.25, 0.3) is 0 Å². The summed E-state index contributed by atoms with van der Waals surface area (Å²) in [5.41, 5.74) is 0.755. The number of carbonyl (C=O) groups excluding carboxylic acids is 2. The molecular weight excluding hydrogens is 232 g/mol. The molecule has 2 N–H and O–H groups in total. The van der Waals surface area contributed by atoms with Gasteiger partial charge in [0, 0.05) is 11.1 Å². The van der Waals surface area contributed by atoms with Crippen LogP contribution in [0.2, 0.25) is 0 Å². The number of Topliss-reactive ketones (excluding diaryl/α,β-unsaturated/α-hetero) is 2. The fourth-order valence-corrected chi connectivity index (χ4v) is 2.47. The Morgan fingerprint density at radius 1 is 0.778 bits per heavy atom. The number of hydrogen-bond donors (Lipinski definition) is 2. The van der Waals surface area contributed by atoms with Gasteiger partial charge >= 0.3 is 0 Å². The zero-order valence-corrected chi connectivity index (χ0v) is 9.33. The molecule has 0 fully saturated rings. The van der Waals surface area contributed by atoms with Gasteiger partial charge in [0.1, 0.15) is 0 Å². The summed E-state index contributed by atoms with van der Waals surface area (Å²) in [6.07, 6.45) is 2.49. The van der Waals surface area contributed by atoms with Crippen LogP contribution in [0, 0.1) is 11.8 Å². The second-order valence-corrected chi connectivity index (χ2v) is 4.43. The molecule has 3 rings (SSSR count). The van der Waals surface area contributed by atoms with Gasteiger partial charge in [-0.15, -0.1) is 0 Å². The summed E-state index contributed by atoms with van der Waals surface area (Å²) >= 11 is 0. The van der Waals surface area contributed by atoms with Crippen LogP contribution in [-0.2, 0) is 0 Å². The van der Waals surface area contributed by atoms with Crippen LogP contribution in [0.3, 0.4) is 0 Å². The molecule has 90 valence electrons. The zero-order valence-electron chi connectivity index (χ0n) is 9.33. The summed E-state index contributed by atoms with van der Waals surface area (Å²) in [4.78, 5) is 24.5. The predicted octanol–water partition coefficient (Wildman–Crippen LogP) is 2.20. The maximum atomic E-state index is 12.2. The molecule has 0 aromatic heterocycles. The van der Waals surface area contributed by atoms with Gasteiger partial charge in [-0.05, 0) is 12.2 Å². The number of aliphatic hydroxyl groups is 2. The van der Waals surface area contributed by atoms with Crippen molar-refractivity contribution in [1.82, 2.24) is 0 Å². The van der Waals surface area contributed by atoms with Crippen molar-refractivity contribution in [3.63, 3.8) is 0 Å². The number of fused-ring (bicyclic) bond motifs is 2. The highest BCUT2D eigenvalue weighted by Gasteiger charge is 2.41. The average Bonchev–Trinajstić information content (AvgIpc) is 2.38. The Balaban J connectivity index is 2.19. The quantitative estimate of drug-likeness (QED) is 0.731. The number of ketones is 2. The first-order chi connectivity index (χ1) is 8.59. The van der Waals surface area contributed by atoms with Gasteiger partial charge in [-0.2, -0.15) is 0 Å². The molecular formula is C14H10O4. The smallest absolute Gasteiger partial charge is 0.171 e. The van der Waals surface area contributed by atoms with Gasteiger partial charge in [0.05, 0.1) is 11.8 Å². The molecule has 18 heavy (non-hydrogen) atoms. The lowest BCUT2D eigenvalue weighted by Gasteiger charge is -2.29. The van der Waals surface area contributed by atoms with Gasteiger partial charge in [-0.3, -0.25) is 9.59 Å². The summed E-state index contributed by atoms with van der Waals surface area (Å²) < 4.78 is 0. The average molecular weight is 242 g/mol. The van der Waals surface area contributed by atoms with Crippen molar-refractivity contribution < 1.29 is 19.8 Å². The molecule has 2 atom stereocenters. The molecule has 2 unspecified atom stereocenters. The van der Waals surface area contributed by atoms with Crippen molar-refractivity contribution in [3.8, 4) is 0 Å². The van der Waals surface area contributed by atoms with E-state index < -0.39 is 11.8 Å². The molecule has 4 heteroatoms. The number of rotatable bonds is 0. The monoisotopic (exact) mass is 242 g/mol. The summed E-state index contributed by atoms with van der Waals surface area (Å²) in [7, 11) is 0. The lowest BCUT2D eigenvalue weighted by atomic mass is 9.72. The van der Waals surface area contributed by atoms with Crippen LogP contribution in [0.5, 0.6) is 0 Å². The van der Waals surface area contributed by atoms with E-state index in [9.17, 15) is 19.8 Å². The molecule has 1 aromatic carbocycles. The maximum absolute atomic E-state index is 12.2. The van der Waals surface area contributed by atoms with Crippen LogP contribution in [0.15, 0.2) is 47.9 Å². The second kappa shape index (κ2) is 3.57. The van der Waals surface area contributed by atoms with Crippen molar-refractivity contribution in [2.24, 2.45) is 11.8 Å². The largest absolute Gasteiger partial charge is 0.504 e. The van der Waals surface area contributed by atoms with Crippen molar-refractivity contribution in [2.75, 3.05) is 0 Å². The van der Waals surface area contributed by atoms with Gasteiger partial charge in [0.15, 0.2) is 23.1 Å². The van der Waals surface area contributed by atoms with E-state index in [4.69, 9.17) is 0 Å². The van der Waals surface area contributed by atoms with Crippen molar-refractivity contribution in [2.45, 2.75) is 0 Å². The summed E-state index contributed by atoms with van der Waals surface area (Å²) in [5, 5.41) is 18.9. The van der Waals surface area contributed by atoms with E-state index in [-0.39, 0.29) is 23.1 Å². The SMILES string of the molecule is O=C1c2ccccc2C(=O)C2C=C(O)C(O)=CC12. The molecule has 0 radical (unpaired) electrons. The minimum absolute atomic E-state index is 0.203. The third-order valence-electron chi connectivity index (χ3n) is 3.39. The molecule has 0 amide bonds. The van der Waals surface area contributed by atoms with E-state index >= 15 is 0 Å². The first-order valence-electron chi connectivity index (χ1n) is 5.59. The van der Waals surface area contributed by atoms with Crippen molar-refractivity contribution >= 4 is 11.6 Å². The fraction of sp³-hybridized carbons (Fsp3) is 0.143. The molecule has 2 aliphatic rings. The van der Waals surface area contributed by atoms with E-state index in [1.54, 1.807) is 24.3 Å². The Morgan fingerprint density at radius 3 is 1.56 bits per heavy atom. The minimum Gasteiger partial charge on any atom is -0.504 e. The van der Waals surface area contributed by atoms with Gasteiger partial charge in [0.2, 0.25) is 0 Å². The first-order valence-corrected chi connectivity index (χ1v) is 5.59. The minimum atomic E-state index is -0.719. The van der Waals surface area contributed by atoms with E-state index in [0.29, 0.717) is 11.1 Å². The van der Waals surface area contributed by atoms with Crippen molar-refractivity contribution in [3.05, 3.63) is 59.1 Å². The van der Waals surface area contributed by atoms with Crippen LogP contribution in [0.1, 0.15) is 20.7 Å². The Bertz CT molecular complexity index is 569. The van der Waals surface area contributed by atoms with Gasteiger partial charge < -0.3 is 10.2 Å².